The molecule has 3 heterocycles. The highest BCUT2D eigenvalue weighted by Crippen LogP contribution is 2.25. The van der Waals surface area contributed by atoms with Crippen LogP contribution in [-0.4, -0.2) is 47.3 Å². The lowest BCUT2D eigenvalue weighted by Gasteiger charge is -2.34. The van der Waals surface area contributed by atoms with E-state index in [4.69, 9.17) is 4.74 Å². The van der Waals surface area contributed by atoms with Gasteiger partial charge in [0.25, 0.3) is 0 Å². The minimum Gasteiger partial charge on any atom is -0.379 e. The fourth-order valence-electron chi connectivity index (χ4n) is 2.67. The van der Waals surface area contributed by atoms with Crippen molar-refractivity contribution in [2.24, 2.45) is 7.05 Å². The Balaban J connectivity index is 1.61. The zero-order chi connectivity index (χ0) is 14.5. The van der Waals surface area contributed by atoms with E-state index in [1.807, 2.05) is 30.8 Å². The van der Waals surface area contributed by atoms with E-state index in [-0.39, 0.29) is 0 Å². The van der Waals surface area contributed by atoms with Gasteiger partial charge in [-0.15, -0.1) is 11.3 Å². The molecule has 1 aliphatic heterocycles. The summed E-state index contributed by atoms with van der Waals surface area (Å²) in [4.78, 5) is 8.29. The lowest BCUT2D eigenvalue weighted by Crippen LogP contribution is -2.42. The van der Waals surface area contributed by atoms with Crippen molar-refractivity contribution in [3.63, 3.8) is 0 Å². The average Bonchev–Trinajstić information content (AvgIpc) is 3.17. The molecule has 0 amide bonds. The lowest BCUT2D eigenvalue weighted by atomic mass is 10.2. The number of nitrogens with one attached hydrogen (secondary N) is 1. The number of thiophene rings is 1. The Bertz CT molecular complexity index is 534. The number of imidazole rings is 1. The van der Waals surface area contributed by atoms with Crippen LogP contribution in [0, 0.1) is 0 Å². The van der Waals surface area contributed by atoms with E-state index in [2.05, 4.69) is 37.3 Å². The molecular weight excluding hydrogens is 284 g/mol. The maximum Gasteiger partial charge on any atom is 0.122 e. The van der Waals surface area contributed by atoms with Crippen molar-refractivity contribution in [1.82, 2.24) is 19.8 Å². The quantitative estimate of drug-likeness (QED) is 0.881. The molecule has 1 aliphatic rings. The molecule has 5 nitrogen and oxygen atoms in total. The third kappa shape index (κ3) is 3.71. The summed E-state index contributed by atoms with van der Waals surface area (Å²) in [5, 5.41) is 5.71. The molecule has 2 aromatic rings. The Morgan fingerprint density at radius 2 is 2.29 bits per heavy atom. The van der Waals surface area contributed by atoms with E-state index < -0.39 is 0 Å². The van der Waals surface area contributed by atoms with Gasteiger partial charge in [0.1, 0.15) is 5.82 Å². The molecule has 0 saturated carbocycles. The normalized spacial score (nSPS) is 18.0. The molecule has 6 heteroatoms. The molecule has 0 aromatic carbocycles. The molecular formula is C15H22N4OS. The zero-order valence-electron chi connectivity index (χ0n) is 12.4. The van der Waals surface area contributed by atoms with E-state index in [0.717, 1.165) is 45.2 Å². The number of rotatable bonds is 6. The topological polar surface area (TPSA) is 42.3 Å². The summed E-state index contributed by atoms with van der Waals surface area (Å²) in [6.07, 6.45) is 3.82. The number of hydrogen-bond acceptors (Lipinski definition) is 5. The van der Waals surface area contributed by atoms with Gasteiger partial charge in [-0.2, -0.15) is 0 Å². The molecule has 1 N–H and O–H groups in total. The van der Waals surface area contributed by atoms with Crippen LogP contribution in [0.5, 0.6) is 0 Å². The van der Waals surface area contributed by atoms with Crippen LogP contribution in [0.2, 0.25) is 0 Å². The van der Waals surface area contributed by atoms with Crippen LogP contribution in [0.15, 0.2) is 29.9 Å². The van der Waals surface area contributed by atoms with Gasteiger partial charge in [-0.05, 0) is 11.4 Å². The number of aryl methyl sites for hydroxylation is 1. The van der Waals surface area contributed by atoms with Gasteiger partial charge in [0.2, 0.25) is 0 Å². The second kappa shape index (κ2) is 7.17. The summed E-state index contributed by atoms with van der Waals surface area (Å²) in [5.74, 6) is 1.07. The molecule has 0 unspecified atom stereocenters. The van der Waals surface area contributed by atoms with E-state index >= 15 is 0 Å². The first-order chi connectivity index (χ1) is 10.3. The molecule has 0 aliphatic carbocycles. The molecule has 1 saturated heterocycles. The smallest absolute Gasteiger partial charge is 0.122 e. The van der Waals surface area contributed by atoms with E-state index in [0.29, 0.717) is 6.04 Å². The van der Waals surface area contributed by atoms with Crippen molar-refractivity contribution in [2.45, 2.75) is 12.6 Å². The second-order valence-corrected chi connectivity index (χ2v) is 6.24. The van der Waals surface area contributed by atoms with Crippen molar-refractivity contribution >= 4 is 11.3 Å². The van der Waals surface area contributed by atoms with Crippen LogP contribution in [-0.2, 0) is 18.3 Å². The number of hydrogen-bond donors (Lipinski definition) is 1. The number of ether oxygens (including phenoxy) is 1. The molecule has 114 valence electrons. The summed E-state index contributed by atoms with van der Waals surface area (Å²) >= 11 is 1.83. The molecule has 2 aromatic heterocycles. The van der Waals surface area contributed by atoms with Gasteiger partial charge >= 0.3 is 0 Å². The Kier molecular flexibility index (Phi) is 5.03. The predicted molar refractivity (Wildman–Crippen MR) is 84.4 cm³/mol. The molecule has 21 heavy (non-hydrogen) atoms. The third-order valence-corrected chi connectivity index (χ3v) is 4.87. The zero-order valence-corrected chi connectivity index (χ0v) is 13.2. The van der Waals surface area contributed by atoms with E-state index in [1.165, 1.54) is 4.88 Å². The van der Waals surface area contributed by atoms with Gasteiger partial charge in [-0.25, -0.2) is 4.98 Å². The van der Waals surface area contributed by atoms with E-state index in [1.54, 1.807) is 0 Å². The van der Waals surface area contributed by atoms with Crippen LogP contribution in [0.1, 0.15) is 16.7 Å². The maximum atomic E-state index is 5.47. The van der Waals surface area contributed by atoms with Gasteiger partial charge in [0.05, 0.1) is 25.8 Å². The first-order valence-electron chi connectivity index (χ1n) is 7.36. The Morgan fingerprint density at radius 1 is 1.43 bits per heavy atom. The maximum absolute atomic E-state index is 5.47. The first kappa shape index (κ1) is 14.7. The Hall–Kier alpha value is -1.21. The minimum atomic E-state index is 0.425. The number of morpholine rings is 1. The monoisotopic (exact) mass is 306 g/mol. The molecule has 0 bridgehead atoms. The number of nitrogens with zero attached hydrogens (tertiary/aromatic N) is 3. The van der Waals surface area contributed by atoms with Crippen molar-refractivity contribution in [2.75, 3.05) is 32.8 Å². The van der Waals surface area contributed by atoms with Gasteiger partial charge in [-0.3, -0.25) is 4.90 Å². The van der Waals surface area contributed by atoms with Crippen molar-refractivity contribution in [3.8, 4) is 0 Å². The fraction of sp³-hybridized carbons (Fsp3) is 0.533. The fourth-order valence-corrected chi connectivity index (χ4v) is 3.53. The lowest BCUT2D eigenvalue weighted by molar-refractivity contribution is 0.0168. The highest BCUT2D eigenvalue weighted by molar-refractivity contribution is 7.10. The average molecular weight is 306 g/mol. The third-order valence-electron chi connectivity index (χ3n) is 3.90. The van der Waals surface area contributed by atoms with Crippen molar-refractivity contribution in [1.29, 1.82) is 0 Å². The summed E-state index contributed by atoms with van der Waals surface area (Å²) in [7, 11) is 2.03. The minimum absolute atomic E-state index is 0.425. The predicted octanol–water partition coefficient (Wildman–Crippen LogP) is 1.64. The molecule has 3 rings (SSSR count). The first-order valence-corrected chi connectivity index (χ1v) is 8.24. The van der Waals surface area contributed by atoms with Crippen LogP contribution < -0.4 is 5.32 Å². The second-order valence-electron chi connectivity index (χ2n) is 5.26. The Labute approximate surface area is 129 Å². The SMILES string of the molecule is Cn1ccnc1CNC[C@@H](c1cccs1)N1CCOCC1. The van der Waals surface area contributed by atoms with Gasteiger partial charge in [0.15, 0.2) is 0 Å². The Morgan fingerprint density at radius 3 is 2.95 bits per heavy atom. The van der Waals surface area contributed by atoms with E-state index in [9.17, 15) is 0 Å². The number of aromatic nitrogens is 2. The van der Waals surface area contributed by atoms with Crippen LogP contribution in [0.25, 0.3) is 0 Å². The van der Waals surface area contributed by atoms with Crippen molar-refractivity contribution in [3.05, 3.63) is 40.6 Å². The summed E-state index contributed by atoms with van der Waals surface area (Å²) in [5.41, 5.74) is 0. The largest absolute Gasteiger partial charge is 0.379 e. The molecule has 0 spiro atoms. The summed E-state index contributed by atoms with van der Waals surface area (Å²) < 4.78 is 7.53. The summed E-state index contributed by atoms with van der Waals surface area (Å²) in [6.45, 7) is 5.42. The standard InChI is InChI=1S/C15H22N4OS/c1-18-5-4-17-15(18)12-16-11-13(14-3-2-10-21-14)19-6-8-20-9-7-19/h2-5,10,13,16H,6-9,11-12H2,1H3/t13-/m0/s1. The van der Waals surface area contributed by atoms with Crippen LogP contribution >= 0.6 is 11.3 Å². The van der Waals surface area contributed by atoms with Crippen LogP contribution in [0.4, 0.5) is 0 Å². The van der Waals surface area contributed by atoms with Crippen LogP contribution in [0.3, 0.4) is 0 Å². The summed E-state index contributed by atoms with van der Waals surface area (Å²) in [6, 6.07) is 4.79. The van der Waals surface area contributed by atoms with Gasteiger partial charge in [-0.1, -0.05) is 6.07 Å². The molecule has 1 fully saturated rings. The van der Waals surface area contributed by atoms with Gasteiger partial charge in [0, 0.05) is 44.0 Å². The molecule has 1 atom stereocenters. The van der Waals surface area contributed by atoms with Gasteiger partial charge < -0.3 is 14.6 Å². The highest BCUT2D eigenvalue weighted by atomic mass is 32.1. The molecule has 0 radical (unpaired) electrons. The van der Waals surface area contributed by atoms with Crippen molar-refractivity contribution < 1.29 is 4.74 Å². The highest BCUT2D eigenvalue weighted by Gasteiger charge is 2.23.